The van der Waals surface area contributed by atoms with Crippen LogP contribution < -0.4 is 9.47 Å². The summed E-state index contributed by atoms with van der Waals surface area (Å²) >= 11 is 0. The lowest BCUT2D eigenvalue weighted by Gasteiger charge is -2.52. The standard InChI is InChI=1S/C19H21NO3/c1-20-9-8-19-12-5-7-15(22-3)18(19)23-17-14(21-2)6-4-11(16(17)19)10-13(12)20/h4-7,13,18H,8-10H2,1-3H3/t13-,18?,19-/m1/s1. The predicted molar refractivity (Wildman–Crippen MR) is 87.0 cm³/mol. The van der Waals surface area contributed by atoms with Gasteiger partial charge in [0.25, 0.3) is 0 Å². The highest BCUT2D eigenvalue weighted by molar-refractivity contribution is 5.67. The maximum Gasteiger partial charge on any atom is 0.169 e. The molecule has 120 valence electrons. The Morgan fingerprint density at radius 1 is 1.22 bits per heavy atom. The minimum atomic E-state index is -0.0747. The molecule has 2 aliphatic heterocycles. The van der Waals surface area contributed by atoms with Gasteiger partial charge in [0.15, 0.2) is 17.6 Å². The molecule has 1 saturated heterocycles. The molecule has 2 heterocycles. The summed E-state index contributed by atoms with van der Waals surface area (Å²) in [4.78, 5) is 2.48. The summed E-state index contributed by atoms with van der Waals surface area (Å²) in [6.45, 7) is 1.08. The van der Waals surface area contributed by atoms with Crippen LogP contribution in [-0.2, 0) is 16.6 Å². The topological polar surface area (TPSA) is 30.9 Å². The van der Waals surface area contributed by atoms with Gasteiger partial charge < -0.3 is 14.2 Å². The first-order valence-corrected chi connectivity index (χ1v) is 8.24. The van der Waals surface area contributed by atoms with Crippen LogP contribution in [0.15, 0.2) is 35.6 Å². The third-order valence-corrected chi connectivity index (χ3v) is 6.16. The van der Waals surface area contributed by atoms with Crippen molar-refractivity contribution in [2.24, 2.45) is 0 Å². The van der Waals surface area contributed by atoms with E-state index in [1.54, 1.807) is 14.2 Å². The molecule has 4 aliphatic rings. The second-order valence-corrected chi connectivity index (χ2v) is 6.95. The Balaban J connectivity index is 1.84. The summed E-state index contributed by atoms with van der Waals surface area (Å²) < 4.78 is 17.7. The van der Waals surface area contributed by atoms with Crippen LogP contribution in [0.25, 0.3) is 0 Å². The lowest BCUT2D eigenvalue weighted by molar-refractivity contribution is 0.0734. The largest absolute Gasteiger partial charge is 0.497 e. The molecule has 4 nitrogen and oxygen atoms in total. The van der Waals surface area contributed by atoms with E-state index in [4.69, 9.17) is 14.2 Å². The number of methoxy groups -OCH3 is 2. The quantitative estimate of drug-likeness (QED) is 0.839. The summed E-state index contributed by atoms with van der Waals surface area (Å²) in [5, 5.41) is 0. The summed E-state index contributed by atoms with van der Waals surface area (Å²) in [5.41, 5.74) is 4.15. The van der Waals surface area contributed by atoms with Crippen LogP contribution in [-0.4, -0.2) is 44.9 Å². The second-order valence-electron chi connectivity index (χ2n) is 6.95. The van der Waals surface area contributed by atoms with Crippen molar-refractivity contribution in [1.29, 1.82) is 0 Å². The molecular formula is C19H21NO3. The third-order valence-electron chi connectivity index (χ3n) is 6.16. The second kappa shape index (κ2) is 4.32. The zero-order valence-electron chi connectivity index (χ0n) is 13.8. The van der Waals surface area contributed by atoms with Crippen LogP contribution in [0.1, 0.15) is 17.5 Å². The molecular weight excluding hydrogens is 290 g/mol. The predicted octanol–water partition coefficient (Wildman–Crippen LogP) is 2.42. The summed E-state index contributed by atoms with van der Waals surface area (Å²) in [5.74, 6) is 2.68. The SMILES string of the molecule is COC1=CC=C2[C@H]3Cc4ccc(OC)c5c4[C@]2(CCN3C)C1O5. The smallest absolute Gasteiger partial charge is 0.169 e. The number of ether oxygens (including phenoxy) is 3. The Kier molecular flexibility index (Phi) is 2.54. The first kappa shape index (κ1) is 13.5. The molecule has 1 aromatic carbocycles. The number of likely N-dealkylation sites (N-methyl/N-ethyl adjacent to an activating group) is 1. The van der Waals surface area contributed by atoms with E-state index in [-0.39, 0.29) is 11.5 Å². The summed E-state index contributed by atoms with van der Waals surface area (Å²) in [6, 6.07) is 4.72. The molecule has 4 heteroatoms. The number of allylic oxidation sites excluding steroid dienone is 2. The van der Waals surface area contributed by atoms with Gasteiger partial charge in [0.2, 0.25) is 0 Å². The van der Waals surface area contributed by atoms with E-state index in [2.05, 4.69) is 30.2 Å². The van der Waals surface area contributed by atoms with Gasteiger partial charge in [0.1, 0.15) is 5.76 Å². The molecule has 3 atom stereocenters. The van der Waals surface area contributed by atoms with E-state index >= 15 is 0 Å². The Morgan fingerprint density at radius 2 is 2.09 bits per heavy atom. The van der Waals surface area contributed by atoms with Gasteiger partial charge in [-0.05, 0) is 49.7 Å². The van der Waals surface area contributed by atoms with Crippen LogP contribution in [0.5, 0.6) is 11.5 Å². The van der Waals surface area contributed by atoms with Gasteiger partial charge in [-0.2, -0.15) is 0 Å². The van der Waals surface area contributed by atoms with Crippen molar-refractivity contribution in [3.05, 3.63) is 46.7 Å². The zero-order valence-corrected chi connectivity index (χ0v) is 13.8. The Morgan fingerprint density at radius 3 is 2.87 bits per heavy atom. The van der Waals surface area contributed by atoms with E-state index in [1.807, 2.05) is 6.07 Å². The van der Waals surface area contributed by atoms with E-state index in [0.29, 0.717) is 6.04 Å². The molecule has 2 aliphatic carbocycles. The zero-order chi connectivity index (χ0) is 15.8. The third kappa shape index (κ3) is 1.41. The molecule has 1 unspecified atom stereocenters. The van der Waals surface area contributed by atoms with Crippen molar-refractivity contribution < 1.29 is 14.2 Å². The van der Waals surface area contributed by atoms with Crippen LogP contribution >= 0.6 is 0 Å². The van der Waals surface area contributed by atoms with Gasteiger partial charge in [-0.15, -0.1) is 0 Å². The molecule has 1 fully saturated rings. The molecule has 0 aromatic heterocycles. The first-order valence-electron chi connectivity index (χ1n) is 8.24. The van der Waals surface area contributed by atoms with Gasteiger partial charge >= 0.3 is 0 Å². The monoisotopic (exact) mass is 311 g/mol. The molecule has 0 amide bonds. The highest BCUT2D eigenvalue weighted by Gasteiger charge is 2.61. The molecule has 0 N–H and O–H groups in total. The summed E-state index contributed by atoms with van der Waals surface area (Å²) in [6.07, 6.45) is 6.41. The number of hydrogen-bond acceptors (Lipinski definition) is 4. The maximum atomic E-state index is 6.46. The van der Waals surface area contributed by atoms with Crippen LogP contribution in [0.3, 0.4) is 0 Å². The average molecular weight is 311 g/mol. The van der Waals surface area contributed by atoms with Crippen LogP contribution in [0, 0.1) is 0 Å². The minimum Gasteiger partial charge on any atom is -0.497 e. The van der Waals surface area contributed by atoms with Crippen molar-refractivity contribution in [2.45, 2.75) is 30.4 Å². The molecule has 23 heavy (non-hydrogen) atoms. The van der Waals surface area contributed by atoms with E-state index < -0.39 is 0 Å². The number of hydrogen-bond donors (Lipinski definition) is 0. The first-order chi connectivity index (χ1) is 11.2. The Labute approximate surface area is 136 Å². The molecule has 2 bridgehead atoms. The number of rotatable bonds is 2. The lowest BCUT2D eigenvalue weighted by atomic mass is 9.57. The molecule has 1 aromatic rings. The lowest BCUT2D eigenvalue weighted by Crippen LogP contribution is -2.58. The van der Waals surface area contributed by atoms with Gasteiger partial charge in [-0.25, -0.2) is 0 Å². The van der Waals surface area contributed by atoms with Crippen molar-refractivity contribution >= 4 is 0 Å². The fourth-order valence-electron chi connectivity index (χ4n) is 5.10. The number of nitrogens with zero attached hydrogens (tertiary/aromatic N) is 1. The highest BCUT2D eigenvalue weighted by Crippen LogP contribution is 2.62. The molecule has 5 rings (SSSR count). The van der Waals surface area contributed by atoms with Crippen molar-refractivity contribution in [3.8, 4) is 11.5 Å². The number of benzene rings is 1. The average Bonchev–Trinajstić information content (AvgIpc) is 2.92. The normalized spacial score (nSPS) is 33.3. The Bertz CT molecular complexity index is 766. The van der Waals surface area contributed by atoms with Crippen molar-refractivity contribution in [3.63, 3.8) is 0 Å². The fraction of sp³-hybridized carbons (Fsp3) is 0.474. The van der Waals surface area contributed by atoms with Gasteiger partial charge in [-0.1, -0.05) is 12.1 Å². The van der Waals surface area contributed by atoms with Gasteiger partial charge in [0.05, 0.1) is 19.6 Å². The van der Waals surface area contributed by atoms with Crippen molar-refractivity contribution in [1.82, 2.24) is 4.90 Å². The highest BCUT2D eigenvalue weighted by atomic mass is 16.6. The van der Waals surface area contributed by atoms with E-state index in [0.717, 1.165) is 36.6 Å². The maximum absolute atomic E-state index is 6.46. The summed E-state index contributed by atoms with van der Waals surface area (Å²) in [7, 11) is 5.68. The Hall–Kier alpha value is -1.94. The van der Waals surface area contributed by atoms with E-state index in [9.17, 15) is 0 Å². The molecule has 1 spiro atoms. The number of piperidine rings is 1. The van der Waals surface area contributed by atoms with Crippen LogP contribution in [0.4, 0.5) is 0 Å². The van der Waals surface area contributed by atoms with Gasteiger partial charge in [0, 0.05) is 11.6 Å². The number of likely N-dealkylation sites (tertiary alicyclic amines) is 1. The minimum absolute atomic E-state index is 0.0611. The fourth-order valence-corrected chi connectivity index (χ4v) is 5.10. The molecule has 0 saturated carbocycles. The van der Waals surface area contributed by atoms with Gasteiger partial charge in [-0.3, -0.25) is 4.90 Å². The van der Waals surface area contributed by atoms with E-state index in [1.165, 1.54) is 16.7 Å². The van der Waals surface area contributed by atoms with Crippen molar-refractivity contribution in [2.75, 3.05) is 27.8 Å². The molecule has 0 radical (unpaired) electrons. The van der Waals surface area contributed by atoms with Crippen LogP contribution in [0.2, 0.25) is 0 Å².